The van der Waals surface area contributed by atoms with Crippen LogP contribution in [0.25, 0.3) is 0 Å². The molecule has 1 aromatic rings. The molecule has 1 rings (SSSR count). The van der Waals surface area contributed by atoms with Crippen LogP contribution in [0, 0.1) is 11.3 Å². The van der Waals surface area contributed by atoms with Crippen molar-refractivity contribution >= 4 is 11.6 Å². The van der Waals surface area contributed by atoms with Crippen molar-refractivity contribution in [2.24, 2.45) is 0 Å². The normalized spacial score (nSPS) is 10.6. The Hall–Kier alpha value is -1.86. The summed E-state index contributed by atoms with van der Waals surface area (Å²) < 4.78 is 0. The molecule has 0 fully saturated rings. The van der Waals surface area contributed by atoms with E-state index in [9.17, 15) is 4.79 Å². The Morgan fingerprint density at radius 3 is 2.50 bits per heavy atom. The van der Waals surface area contributed by atoms with E-state index in [2.05, 4.69) is 37.1 Å². The summed E-state index contributed by atoms with van der Waals surface area (Å²) in [7, 11) is 0. The first-order valence-corrected chi connectivity index (χ1v) is 7.11. The summed E-state index contributed by atoms with van der Waals surface area (Å²) in [6, 6.07) is 9.48. The second-order valence-electron chi connectivity index (χ2n) is 5.06. The first-order valence-electron chi connectivity index (χ1n) is 7.11. The number of benzene rings is 1. The van der Waals surface area contributed by atoms with Crippen LogP contribution in [0.2, 0.25) is 0 Å². The van der Waals surface area contributed by atoms with E-state index < -0.39 is 0 Å². The fourth-order valence-electron chi connectivity index (χ4n) is 2.08. The second kappa shape index (κ2) is 8.34. The number of hydrogen-bond acceptors (Lipinski definition) is 3. The predicted molar refractivity (Wildman–Crippen MR) is 81.4 cm³/mol. The van der Waals surface area contributed by atoms with Crippen LogP contribution in [0.15, 0.2) is 24.3 Å². The van der Waals surface area contributed by atoms with E-state index in [1.165, 1.54) is 0 Å². The molecule has 1 N–H and O–H groups in total. The van der Waals surface area contributed by atoms with Gasteiger partial charge in [0, 0.05) is 18.2 Å². The number of amides is 1. The molecule has 0 aliphatic rings. The minimum Gasteiger partial charge on any atom is -0.326 e. The van der Waals surface area contributed by atoms with Crippen LogP contribution < -0.4 is 5.32 Å². The predicted octanol–water partition coefficient (Wildman–Crippen LogP) is 3.01. The van der Waals surface area contributed by atoms with E-state index in [0.29, 0.717) is 18.0 Å². The number of nitriles is 1. The van der Waals surface area contributed by atoms with Gasteiger partial charge in [0.2, 0.25) is 5.91 Å². The second-order valence-corrected chi connectivity index (χ2v) is 5.06. The Balaban J connectivity index is 2.34. The zero-order valence-electron chi connectivity index (χ0n) is 12.5. The van der Waals surface area contributed by atoms with Crippen molar-refractivity contribution in [3.8, 4) is 6.07 Å². The molecule has 0 saturated heterocycles. The van der Waals surface area contributed by atoms with Gasteiger partial charge in [-0.1, -0.05) is 6.92 Å². The highest BCUT2D eigenvalue weighted by Crippen LogP contribution is 2.10. The van der Waals surface area contributed by atoms with Crippen LogP contribution in [0.1, 0.15) is 39.2 Å². The average molecular weight is 273 g/mol. The van der Waals surface area contributed by atoms with Gasteiger partial charge in [-0.3, -0.25) is 4.79 Å². The van der Waals surface area contributed by atoms with E-state index in [-0.39, 0.29) is 5.91 Å². The Bertz CT molecular complexity index is 460. The van der Waals surface area contributed by atoms with Crippen LogP contribution >= 0.6 is 0 Å². The van der Waals surface area contributed by atoms with Gasteiger partial charge in [0.15, 0.2) is 0 Å². The maximum Gasteiger partial charge on any atom is 0.224 e. The van der Waals surface area contributed by atoms with Crippen molar-refractivity contribution in [2.45, 2.75) is 39.7 Å². The molecule has 0 unspecified atom stereocenters. The summed E-state index contributed by atoms with van der Waals surface area (Å²) >= 11 is 0. The van der Waals surface area contributed by atoms with Crippen molar-refractivity contribution in [3.63, 3.8) is 0 Å². The number of rotatable bonds is 7. The number of carbonyl (C=O) groups excluding carboxylic acids is 1. The molecule has 0 aromatic heterocycles. The quantitative estimate of drug-likeness (QED) is 0.831. The summed E-state index contributed by atoms with van der Waals surface area (Å²) in [5.74, 6) is 0.0227. The standard InChI is InChI=1S/C16H23N3O/c1-4-19(13(2)3)11-5-6-16(20)18-15-9-7-14(12-17)8-10-15/h7-10,13H,4-6,11H2,1-3H3,(H,18,20). The first-order chi connectivity index (χ1) is 9.56. The Morgan fingerprint density at radius 2 is 2.00 bits per heavy atom. The molecule has 108 valence electrons. The van der Waals surface area contributed by atoms with Gasteiger partial charge in [-0.25, -0.2) is 0 Å². The van der Waals surface area contributed by atoms with Crippen molar-refractivity contribution in [3.05, 3.63) is 29.8 Å². The third kappa shape index (κ3) is 5.41. The van der Waals surface area contributed by atoms with Crippen LogP contribution in [0.5, 0.6) is 0 Å². The molecule has 4 nitrogen and oxygen atoms in total. The van der Waals surface area contributed by atoms with Crippen LogP contribution in [-0.4, -0.2) is 29.9 Å². The van der Waals surface area contributed by atoms with E-state index >= 15 is 0 Å². The maximum atomic E-state index is 11.8. The molecule has 1 aromatic carbocycles. The zero-order chi connectivity index (χ0) is 15.0. The summed E-state index contributed by atoms with van der Waals surface area (Å²) in [5, 5.41) is 11.6. The fraction of sp³-hybridized carbons (Fsp3) is 0.500. The first kappa shape index (κ1) is 16.2. The van der Waals surface area contributed by atoms with E-state index in [1.54, 1.807) is 24.3 Å². The summed E-state index contributed by atoms with van der Waals surface area (Å²) in [4.78, 5) is 14.2. The molecule has 0 spiro atoms. The van der Waals surface area contributed by atoms with Gasteiger partial charge < -0.3 is 10.2 Å². The highest BCUT2D eigenvalue weighted by molar-refractivity contribution is 5.90. The lowest BCUT2D eigenvalue weighted by atomic mass is 10.2. The smallest absolute Gasteiger partial charge is 0.224 e. The number of anilines is 1. The monoisotopic (exact) mass is 273 g/mol. The summed E-state index contributed by atoms with van der Waals surface area (Å²) in [5.41, 5.74) is 1.34. The lowest BCUT2D eigenvalue weighted by Crippen LogP contribution is -2.32. The highest BCUT2D eigenvalue weighted by atomic mass is 16.1. The van der Waals surface area contributed by atoms with Crippen molar-refractivity contribution in [1.29, 1.82) is 5.26 Å². The van der Waals surface area contributed by atoms with Crippen molar-refractivity contribution in [1.82, 2.24) is 4.90 Å². The van der Waals surface area contributed by atoms with Gasteiger partial charge in [0.1, 0.15) is 0 Å². The Morgan fingerprint density at radius 1 is 1.35 bits per heavy atom. The van der Waals surface area contributed by atoms with Crippen LogP contribution in [0.3, 0.4) is 0 Å². The molecule has 1 amide bonds. The molecule has 4 heteroatoms. The SMILES string of the molecule is CCN(CCCC(=O)Nc1ccc(C#N)cc1)C(C)C. The maximum absolute atomic E-state index is 11.8. The Kier molecular flexibility index (Phi) is 6.75. The largest absolute Gasteiger partial charge is 0.326 e. The molecule has 0 atom stereocenters. The lowest BCUT2D eigenvalue weighted by Gasteiger charge is -2.24. The molecule has 0 heterocycles. The molecule has 0 aliphatic heterocycles. The highest BCUT2D eigenvalue weighted by Gasteiger charge is 2.08. The van der Waals surface area contributed by atoms with Crippen LogP contribution in [0.4, 0.5) is 5.69 Å². The van der Waals surface area contributed by atoms with Gasteiger partial charge in [-0.05, 0) is 57.6 Å². The van der Waals surface area contributed by atoms with Gasteiger partial charge in [0.05, 0.1) is 11.6 Å². The summed E-state index contributed by atoms with van der Waals surface area (Å²) in [6.07, 6.45) is 1.37. The van der Waals surface area contributed by atoms with Crippen molar-refractivity contribution < 1.29 is 4.79 Å². The zero-order valence-corrected chi connectivity index (χ0v) is 12.5. The average Bonchev–Trinajstić information content (AvgIpc) is 2.44. The van der Waals surface area contributed by atoms with Gasteiger partial charge >= 0.3 is 0 Å². The number of nitrogens with zero attached hydrogens (tertiary/aromatic N) is 2. The molecule has 0 saturated carbocycles. The van der Waals surface area contributed by atoms with Gasteiger partial charge in [-0.2, -0.15) is 5.26 Å². The number of hydrogen-bond donors (Lipinski definition) is 1. The van der Waals surface area contributed by atoms with E-state index in [4.69, 9.17) is 5.26 Å². The fourth-order valence-corrected chi connectivity index (χ4v) is 2.08. The third-order valence-electron chi connectivity index (χ3n) is 3.28. The molecular formula is C16H23N3O. The third-order valence-corrected chi connectivity index (χ3v) is 3.28. The van der Waals surface area contributed by atoms with E-state index in [1.807, 2.05) is 0 Å². The lowest BCUT2D eigenvalue weighted by molar-refractivity contribution is -0.116. The van der Waals surface area contributed by atoms with Crippen LogP contribution in [-0.2, 0) is 4.79 Å². The number of nitrogens with one attached hydrogen (secondary N) is 1. The topological polar surface area (TPSA) is 56.1 Å². The molecule has 0 aliphatic carbocycles. The molecule has 0 bridgehead atoms. The minimum atomic E-state index is 0.0227. The molecule has 20 heavy (non-hydrogen) atoms. The van der Waals surface area contributed by atoms with Crippen molar-refractivity contribution in [2.75, 3.05) is 18.4 Å². The summed E-state index contributed by atoms with van der Waals surface area (Å²) in [6.45, 7) is 8.42. The number of carbonyl (C=O) groups is 1. The molecule has 0 radical (unpaired) electrons. The minimum absolute atomic E-state index is 0.0227. The molecular weight excluding hydrogens is 250 g/mol. The van der Waals surface area contributed by atoms with E-state index in [0.717, 1.165) is 25.2 Å². The van der Waals surface area contributed by atoms with Gasteiger partial charge in [-0.15, -0.1) is 0 Å². The Labute approximate surface area is 121 Å². The van der Waals surface area contributed by atoms with Gasteiger partial charge in [0.25, 0.3) is 0 Å².